The van der Waals surface area contributed by atoms with Crippen molar-refractivity contribution in [2.45, 2.75) is 51.7 Å². The van der Waals surface area contributed by atoms with Gasteiger partial charge in [0.2, 0.25) is 5.91 Å². The number of nitrogens with zero attached hydrogens (tertiary/aromatic N) is 2. The van der Waals surface area contributed by atoms with Gasteiger partial charge in [0.1, 0.15) is 17.7 Å². The number of benzene rings is 2. The van der Waals surface area contributed by atoms with Crippen LogP contribution < -0.4 is 5.32 Å². The van der Waals surface area contributed by atoms with Crippen LogP contribution in [-0.4, -0.2) is 38.7 Å². The lowest BCUT2D eigenvalue weighted by molar-refractivity contribution is -0.156. The number of aromatic nitrogens is 2. The molecule has 2 heterocycles. The number of hydrogen-bond donors (Lipinski definition) is 2. The molecule has 2 atom stereocenters. The second kappa shape index (κ2) is 10.2. The second-order valence-corrected chi connectivity index (χ2v) is 8.92. The van der Waals surface area contributed by atoms with Crippen molar-refractivity contribution < 1.29 is 23.8 Å². The molecule has 4 rings (SSSR count). The zero-order valence-electron chi connectivity index (χ0n) is 19.9. The Morgan fingerprint density at radius 3 is 2.63 bits per heavy atom. The molecule has 3 aromatic rings. The molecule has 7 nitrogen and oxygen atoms in total. The first kappa shape index (κ1) is 24.3. The minimum Gasteiger partial charge on any atom is -0.458 e. The number of rotatable bonds is 6. The highest BCUT2D eigenvalue weighted by atomic mass is 19.1. The smallest absolute Gasteiger partial charge is 0.309 e. The second-order valence-electron chi connectivity index (χ2n) is 8.92. The van der Waals surface area contributed by atoms with Gasteiger partial charge in [-0.2, -0.15) is 0 Å². The molecule has 1 aliphatic rings. The molecule has 182 valence electrons. The van der Waals surface area contributed by atoms with Crippen LogP contribution in [0.3, 0.4) is 0 Å². The van der Waals surface area contributed by atoms with E-state index in [4.69, 9.17) is 9.72 Å². The molecule has 0 saturated carbocycles. The number of ether oxygens (including phenoxy) is 1. The molecule has 2 N–H and O–H groups in total. The molecule has 1 fully saturated rings. The van der Waals surface area contributed by atoms with Gasteiger partial charge >= 0.3 is 5.97 Å². The van der Waals surface area contributed by atoms with Gasteiger partial charge in [-0.05, 0) is 42.5 Å². The van der Waals surface area contributed by atoms with Crippen molar-refractivity contribution in [3.8, 4) is 22.5 Å². The van der Waals surface area contributed by atoms with Crippen LogP contribution in [0.2, 0.25) is 0 Å². The Hall–Kier alpha value is -3.78. The van der Waals surface area contributed by atoms with Crippen LogP contribution in [0.15, 0.2) is 54.6 Å². The van der Waals surface area contributed by atoms with E-state index in [1.807, 2.05) is 36.6 Å². The summed E-state index contributed by atoms with van der Waals surface area (Å²) in [6.45, 7) is 5.48. The Kier molecular flexibility index (Phi) is 7.12. The lowest BCUT2D eigenvalue weighted by Gasteiger charge is -2.23. The lowest BCUT2D eigenvalue weighted by atomic mass is 10.0. The maximum absolute atomic E-state index is 13.7. The molecular formula is C27H28FN3O4. The highest BCUT2D eigenvalue weighted by molar-refractivity contribution is 5.90. The fourth-order valence-corrected chi connectivity index (χ4v) is 4.15. The zero-order valence-corrected chi connectivity index (χ0v) is 19.9. The first-order valence-corrected chi connectivity index (χ1v) is 11.5. The predicted molar refractivity (Wildman–Crippen MR) is 132 cm³/mol. The lowest BCUT2D eigenvalue weighted by Crippen LogP contribution is -2.31. The summed E-state index contributed by atoms with van der Waals surface area (Å²) >= 11 is 0. The molecule has 0 spiro atoms. The van der Waals surface area contributed by atoms with E-state index < -0.39 is 18.2 Å². The largest absolute Gasteiger partial charge is 0.458 e. The highest BCUT2D eigenvalue weighted by Crippen LogP contribution is 2.36. The van der Waals surface area contributed by atoms with Crippen molar-refractivity contribution in [2.24, 2.45) is 0 Å². The minimum absolute atomic E-state index is 0.0116. The fourth-order valence-electron chi connectivity index (χ4n) is 4.15. The van der Waals surface area contributed by atoms with Gasteiger partial charge in [0.25, 0.3) is 0 Å². The number of halogens is 1. The predicted octanol–water partition coefficient (Wildman–Crippen LogP) is 4.98. The third-order valence-electron chi connectivity index (χ3n) is 5.67. The van der Waals surface area contributed by atoms with Crippen LogP contribution in [0.5, 0.6) is 0 Å². The maximum atomic E-state index is 13.7. The summed E-state index contributed by atoms with van der Waals surface area (Å²) in [5.74, 6) is -0.186. The summed E-state index contributed by atoms with van der Waals surface area (Å²) in [5, 5.41) is 12.8. The number of amides is 1. The third-order valence-corrected chi connectivity index (χ3v) is 5.67. The summed E-state index contributed by atoms with van der Waals surface area (Å²) in [7, 11) is 0. The van der Waals surface area contributed by atoms with Crippen molar-refractivity contribution in [3.05, 3.63) is 66.2 Å². The number of carbonyl (C=O) groups excluding carboxylic acids is 2. The van der Waals surface area contributed by atoms with Gasteiger partial charge in [0, 0.05) is 42.3 Å². The van der Waals surface area contributed by atoms with Crippen molar-refractivity contribution >= 4 is 23.8 Å². The van der Waals surface area contributed by atoms with Crippen LogP contribution in [0.4, 0.5) is 10.1 Å². The van der Waals surface area contributed by atoms with E-state index in [1.165, 1.54) is 19.1 Å². The highest BCUT2D eigenvalue weighted by Gasteiger charge is 2.26. The number of hydrogen-bond acceptors (Lipinski definition) is 5. The molecule has 2 aromatic carbocycles. The molecular weight excluding hydrogens is 449 g/mol. The zero-order chi connectivity index (χ0) is 25.1. The third kappa shape index (κ3) is 5.66. The minimum atomic E-state index is -0.748. The van der Waals surface area contributed by atoms with Gasteiger partial charge in [0.15, 0.2) is 0 Å². The van der Waals surface area contributed by atoms with Gasteiger partial charge < -0.3 is 19.7 Å². The normalized spacial score (nSPS) is 18.2. The summed E-state index contributed by atoms with van der Waals surface area (Å²) < 4.78 is 21.0. The van der Waals surface area contributed by atoms with E-state index in [0.717, 1.165) is 22.6 Å². The number of cyclic esters (lactones) is 1. The van der Waals surface area contributed by atoms with Crippen LogP contribution in [0.1, 0.15) is 45.4 Å². The maximum Gasteiger partial charge on any atom is 0.309 e. The number of imidazole rings is 1. The standard InChI is InChI=1S/C27H28FN3O4/c1-16(2)27-30-25(19-5-4-6-21(13-19)29-17(3)32)26(18-7-9-20(28)10-8-18)31(27)12-11-23-14-22(33)15-24(34)35-23/h4-13,16,22-23,33H,14-15H2,1-3H3,(H,29,32)/b12-11+/t22-,23-/m0/s1. The molecule has 1 saturated heterocycles. The molecule has 8 heteroatoms. The van der Waals surface area contributed by atoms with E-state index in [2.05, 4.69) is 5.32 Å². The van der Waals surface area contributed by atoms with E-state index in [1.54, 1.807) is 30.5 Å². The average Bonchev–Trinajstić information content (AvgIpc) is 3.17. The Morgan fingerprint density at radius 1 is 1.23 bits per heavy atom. The van der Waals surface area contributed by atoms with Crippen molar-refractivity contribution in [1.82, 2.24) is 9.55 Å². The van der Waals surface area contributed by atoms with Gasteiger partial charge in [0.05, 0.1) is 23.9 Å². The molecule has 0 unspecified atom stereocenters. The molecule has 0 radical (unpaired) electrons. The van der Waals surface area contributed by atoms with Gasteiger partial charge in [-0.15, -0.1) is 0 Å². The van der Waals surface area contributed by atoms with E-state index in [9.17, 15) is 19.1 Å². The summed E-state index contributed by atoms with van der Waals surface area (Å²) in [6, 6.07) is 13.5. The molecule has 35 heavy (non-hydrogen) atoms. The Balaban J connectivity index is 1.87. The van der Waals surface area contributed by atoms with Crippen LogP contribution in [-0.2, 0) is 14.3 Å². The Bertz CT molecular complexity index is 1260. The van der Waals surface area contributed by atoms with Gasteiger partial charge in [-0.1, -0.05) is 26.0 Å². The van der Waals surface area contributed by atoms with Crippen LogP contribution in [0.25, 0.3) is 28.7 Å². The first-order chi connectivity index (χ1) is 16.7. The first-order valence-electron chi connectivity index (χ1n) is 11.5. The van der Waals surface area contributed by atoms with Crippen molar-refractivity contribution in [2.75, 3.05) is 5.32 Å². The number of anilines is 1. The molecule has 0 aliphatic carbocycles. The Labute approximate surface area is 203 Å². The van der Waals surface area contributed by atoms with Gasteiger partial charge in [-0.3, -0.25) is 9.59 Å². The molecule has 1 aliphatic heterocycles. The number of aliphatic hydroxyl groups excluding tert-OH is 1. The van der Waals surface area contributed by atoms with E-state index in [-0.39, 0.29) is 24.1 Å². The van der Waals surface area contributed by atoms with Crippen LogP contribution in [0, 0.1) is 5.82 Å². The van der Waals surface area contributed by atoms with Crippen molar-refractivity contribution in [1.29, 1.82) is 0 Å². The summed E-state index contributed by atoms with van der Waals surface area (Å²) in [6.07, 6.45) is 2.51. The number of esters is 1. The summed E-state index contributed by atoms with van der Waals surface area (Å²) in [4.78, 5) is 28.3. The van der Waals surface area contributed by atoms with Crippen molar-refractivity contribution in [3.63, 3.8) is 0 Å². The quantitative estimate of drug-likeness (QED) is 0.489. The van der Waals surface area contributed by atoms with E-state index >= 15 is 0 Å². The topological polar surface area (TPSA) is 93.5 Å². The number of carbonyl (C=O) groups is 2. The average molecular weight is 478 g/mol. The molecule has 0 bridgehead atoms. The van der Waals surface area contributed by atoms with Gasteiger partial charge in [-0.25, -0.2) is 9.37 Å². The molecule has 1 amide bonds. The molecule has 1 aromatic heterocycles. The number of nitrogens with one attached hydrogen (secondary N) is 1. The fraction of sp³-hybridized carbons (Fsp3) is 0.296. The Morgan fingerprint density at radius 2 is 1.97 bits per heavy atom. The van der Waals surface area contributed by atoms with E-state index in [0.29, 0.717) is 17.8 Å². The monoisotopic (exact) mass is 477 g/mol. The number of aliphatic hydroxyl groups is 1. The van der Waals surface area contributed by atoms with Crippen LogP contribution >= 0.6 is 0 Å². The summed E-state index contributed by atoms with van der Waals surface area (Å²) in [5.41, 5.74) is 3.56. The SMILES string of the molecule is CC(=O)Nc1cccc(-c2nc(C(C)C)n(/C=C/[C@H]3C[C@H](O)CC(=O)O3)c2-c2ccc(F)cc2)c1.